The molecule has 10 heteroatoms. The number of nitrogens with zero attached hydrogens (tertiary/aromatic N) is 1. The summed E-state index contributed by atoms with van der Waals surface area (Å²) in [6.45, 7) is 0.362. The molecule has 0 aromatic heterocycles. The molecule has 1 N–H and O–H groups in total. The van der Waals surface area contributed by atoms with Crippen LogP contribution in [-0.4, -0.2) is 41.2 Å². The van der Waals surface area contributed by atoms with Crippen LogP contribution in [0.15, 0.2) is 78.9 Å². The zero-order chi connectivity index (χ0) is 28.7. The van der Waals surface area contributed by atoms with Gasteiger partial charge < -0.3 is 9.84 Å². The van der Waals surface area contributed by atoms with Crippen molar-refractivity contribution in [2.24, 2.45) is 11.8 Å². The number of rotatable bonds is 7. The van der Waals surface area contributed by atoms with E-state index < -0.39 is 54.0 Å². The molecular weight excluding hydrogens is 536 g/mol. The fourth-order valence-corrected chi connectivity index (χ4v) is 6.21. The van der Waals surface area contributed by atoms with Crippen molar-refractivity contribution in [3.05, 3.63) is 107 Å². The van der Waals surface area contributed by atoms with Crippen LogP contribution in [0.2, 0.25) is 0 Å². The molecule has 0 saturated carbocycles. The molecule has 3 aliphatic rings. The number of benzene rings is 3. The molecule has 3 aromatic carbocycles. The van der Waals surface area contributed by atoms with E-state index in [0.29, 0.717) is 25.1 Å². The van der Waals surface area contributed by atoms with E-state index in [0.717, 1.165) is 11.1 Å². The van der Waals surface area contributed by atoms with E-state index in [1.165, 1.54) is 0 Å². The van der Waals surface area contributed by atoms with Crippen LogP contribution >= 0.6 is 0 Å². The number of aliphatic carboxylic acids is 1. The van der Waals surface area contributed by atoms with E-state index >= 15 is 0 Å². The van der Waals surface area contributed by atoms with E-state index in [1.807, 2.05) is 65.6 Å². The van der Waals surface area contributed by atoms with Gasteiger partial charge in [0.15, 0.2) is 0 Å². The molecule has 6 rings (SSSR count). The molecule has 3 aromatic rings. The molecular formula is C30H27F6NO3. The van der Waals surface area contributed by atoms with Crippen LogP contribution in [0.5, 0.6) is 0 Å². The van der Waals surface area contributed by atoms with Gasteiger partial charge in [0, 0.05) is 24.4 Å². The first-order chi connectivity index (χ1) is 18.9. The molecule has 3 saturated heterocycles. The first-order valence-corrected chi connectivity index (χ1v) is 12.9. The standard InChI is InChI=1S/C30H27F6NO3/c31-29(32,33)21-13-18(14-22(15-21)30(34,35)36)17-40-27-23-11-12-37(16-24(23)28(38)39)26(27)25(19-7-3-1-4-8-19)20-9-5-2-6-10-20/h1-10,13-15,23-27H,11-12,16-17H2,(H,38,39)/t23?,24?,26-,27-/m0/s1. The van der Waals surface area contributed by atoms with Crippen LogP contribution in [-0.2, 0) is 28.5 Å². The second kappa shape index (κ2) is 10.9. The van der Waals surface area contributed by atoms with Crippen molar-refractivity contribution in [1.29, 1.82) is 0 Å². The SMILES string of the molecule is O=C(O)C1CN2CCC1[C@H](OCc1cc(C(F)(F)F)cc(C(F)(F)F)c1)[C@@H]2C(c1ccccc1)c1ccccc1. The second-order valence-corrected chi connectivity index (χ2v) is 10.4. The maximum Gasteiger partial charge on any atom is 0.416 e. The molecule has 40 heavy (non-hydrogen) atoms. The Kier molecular flexibility index (Phi) is 7.67. The highest BCUT2D eigenvalue weighted by molar-refractivity contribution is 5.71. The number of hydrogen-bond acceptors (Lipinski definition) is 3. The van der Waals surface area contributed by atoms with Crippen LogP contribution in [0.1, 0.15) is 40.2 Å². The van der Waals surface area contributed by atoms with Crippen molar-refractivity contribution in [2.75, 3.05) is 13.1 Å². The predicted molar refractivity (Wildman–Crippen MR) is 134 cm³/mol. The zero-order valence-corrected chi connectivity index (χ0v) is 21.2. The van der Waals surface area contributed by atoms with Gasteiger partial charge in [0.2, 0.25) is 0 Å². The Hall–Kier alpha value is -3.37. The number of carbonyl (C=O) groups is 1. The van der Waals surface area contributed by atoms with Gasteiger partial charge >= 0.3 is 18.3 Å². The third-order valence-corrected chi connectivity index (χ3v) is 7.94. The Balaban J connectivity index is 1.55. The summed E-state index contributed by atoms with van der Waals surface area (Å²) in [7, 11) is 0. The quantitative estimate of drug-likeness (QED) is 0.320. The lowest BCUT2D eigenvalue weighted by Gasteiger charge is -2.55. The summed E-state index contributed by atoms with van der Waals surface area (Å²) in [5.74, 6) is -2.50. The highest BCUT2D eigenvalue weighted by Crippen LogP contribution is 2.46. The molecule has 4 nitrogen and oxygen atoms in total. The van der Waals surface area contributed by atoms with Gasteiger partial charge in [-0.1, -0.05) is 60.7 Å². The second-order valence-electron chi connectivity index (χ2n) is 10.4. The first kappa shape index (κ1) is 28.2. The molecule has 3 fully saturated rings. The third-order valence-electron chi connectivity index (χ3n) is 7.94. The Morgan fingerprint density at radius 3 is 1.88 bits per heavy atom. The van der Waals surface area contributed by atoms with Gasteiger partial charge in [-0.05, 0) is 47.9 Å². The number of halogens is 6. The van der Waals surface area contributed by atoms with Gasteiger partial charge in [0.25, 0.3) is 0 Å². The largest absolute Gasteiger partial charge is 0.481 e. The molecule has 2 bridgehead atoms. The van der Waals surface area contributed by atoms with Crippen molar-refractivity contribution >= 4 is 5.97 Å². The fraction of sp³-hybridized carbons (Fsp3) is 0.367. The van der Waals surface area contributed by atoms with E-state index in [-0.39, 0.29) is 30.1 Å². The van der Waals surface area contributed by atoms with Gasteiger partial charge in [-0.3, -0.25) is 9.69 Å². The van der Waals surface area contributed by atoms with Crippen molar-refractivity contribution in [3.63, 3.8) is 0 Å². The third kappa shape index (κ3) is 5.74. The van der Waals surface area contributed by atoms with Crippen molar-refractivity contribution in [1.82, 2.24) is 4.90 Å². The minimum atomic E-state index is -4.98. The number of ether oxygens (including phenoxy) is 1. The lowest BCUT2D eigenvalue weighted by Crippen LogP contribution is -2.65. The Labute approximate surface area is 227 Å². The van der Waals surface area contributed by atoms with Crippen molar-refractivity contribution in [2.45, 2.75) is 43.4 Å². The van der Waals surface area contributed by atoms with Gasteiger partial charge in [0.1, 0.15) is 0 Å². The van der Waals surface area contributed by atoms with E-state index in [2.05, 4.69) is 0 Å². The van der Waals surface area contributed by atoms with Crippen molar-refractivity contribution < 1.29 is 41.0 Å². The molecule has 0 spiro atoms. The van der Waals surface area contributed by atoms with Gasteiger partial charge in [-0.15, -0.1) is 0 Å². The number of piperidine rings is 3. The Morgan fingerprint density at radius 2 is 1.40 bits per heavy atom. The highest BCUT2D eigenvalue weighted by atomic mass is 19.4. The van der Waals surface area contributed by atoms with Crippen molar-refractivity contribution in [3.8, 4) is 0 Å². The molecule has 3 heterocycles. The van der Waals surface area contributed by atoms with Crippen LogP contribution in [0.3, 0.4) is 0 Å². The van der Waals surface area contributed by atoms with Crippen LogP contribution in [0.25, 0.3) is 0 Å². The maximum absolute atomic E-state index is 13.5. The molecule has 3 unspecified atom stereocenters. The zero-order valence-electron chi connectivity index (χ0n) is 21.2. The summed E-state index contributed by atoms with van der Waals surface area (Å²) in [6, 6.07) is 20.1. The van der Waals surface area contributed by atoms with Gasteiger partial charge in [0.05, 0.1) is 29.8 Å². The number of fused-ring (bicyclic) bond motifs is 3. The number of hydrogen-bond donors (Lipinski definition) is 1. The minimum Gasteiger partial charge on any atom is -0.481 e. The van der Waals surface area contributed by atoms with Gasteiger partial charge in [-0.2, -0.15) is 26.3 Å². The van der Waals surface area contributed by atoms with E-state index in [1.54, 1.807) is 0 Å². The predicted octanol–water partition coefficient (Wildman–Crippen LogP) is 6.85. The first-order valence-electron chi connectivity index (χ1n) is 12.9. The molecule has 5 atom stereocenters. The van der Waals surface area contributed by atoms with Gasteiger partial charge in [-0.25, -0.2) is 0 Å². The summed E-state index contributed by atoms with van der Waals surface area (Å²) in [5, 5.41) is 9.94. The monoisotopic (exact) mass is 563 g/mol. The molecule has 0 amide bonds. The molecule has 212 valence electrons. The minimum absolute atomic E-state index is 0.0852. The number of carboxylic acids is 1. The topological polar surface area (TPSA) is 49.8 Å². The summed E-state index contributed by atoms with van der Waals surface area (Å²) in [6.07, 6.45) is -10.2. The molecule has 3 aliphatic heterocycles. The Morgan fingerprint density at radius 1 is 0.875 bits per heavy atom. The molecule has 0 aliphatic carbocycles. The lowest BCUT2D eigenvalue weighted by molar-refractivity contribution is -0.172. The average Bonchev–Trinajstić information content (AvgIpc) is 2.93. The lowest BCUT2D eigenvalue weighted by atomic mass is 9.68. The summed E-state index contributed by atoms with van der Waals surface area (Å²) in [5.41, 5.74) is -1.21. The van der Waals surface area contributed by atoms with E-state index in [4.69, 9.17) is 4.74 Å². The summed E-state index contributed by atoms with van der Waals surface area (Å²) >= 11 is 0. The average molecular weight is 564 g/mol. The van der Waals surface area contributed by atoms with E-state index in [9.17, 15) is 36.2 Å². The number of carboxylic acid groups (broad SMARTS) is 1. The molecule has 0 radical (unpaired) electrons. The Bertz CT molecular complexity index is 1260. The summed E-state index contributed by atoms with van der Waals surface area (Å²) < 4.78 is 87.0. The van der Waals surface area contributed by atoms with Crippen LogP contribution in [0, 0.1) is 11.8 Å². The van der Waals surface area contributed by atoms with Crippen LogP contribution < -0.4 is 0 Å². The maximum atomic E-state index is 13.5. The normalized spacial score (nSPS) is 24.8. The fourth-order valence-electron chi connectivity index (χ4n) is 6.21. The highest BCUT2D eigenvalue weighted by Gasteiger charge is 2.53. The summed E-state index contributed by atoms with van der Waals surface area (Å²) in [4.78, 5) is 14.2. The smallest absolute Gasteiger partial charge is 0.416 e. The number of alkyl halides is 6. The van der Waals surface area contributed by atoms with Crippen LogP contribution in [0.4, 0.5) is 26.3 Å².